The Hall–Kier alpha value is -2.82. The van der Waals surface area contributed by atoms with Crippen LogP contribution < -0.4 is 5.46 Å². The Morgan fingerprint density at radius 3 is 2.45 bits per heavy atom. The molecule has 0 spiro atoms. The quantitative estimate of drug-likeness (QED) is 0.611. The normalized spacial score (nSPS) is 25.7. The van der Waals surface area contributed by atoms with E-state index in [4.69, 9.17) is 4.74 Å². The van der Waals surface area contributed by atoms with Crippen molar-refractivity contribution in [2.75, 3.05) is 0 Å². The molecule has 3 nitrogen and oxygen atoms in total. The molecule has 0 saturated heterocycles. The minimum atomic E-state index is -1.53. The number of allylic oxidation sites excluding steroid dienone is 4. The fourth-order valence-electron chi connectivity index (χ4n) is 4.89. The standard InChI is InChI=1S/C25H25BO3/c1-3-21-23(4-2)29-24-16-9-8-15-22(24)25(21,18-11-6-5-7-12-18)19-13-10-14-20(17-19)26(27)28/h3-8,10-15,17,22,24,27-28H,1-2,9,16H2. The van der Waals surface area contributed by atoms with Crippen molar-refractivity contribution in [3.8, 4) is 0 Å². The molecule has 2 N–H and O–H groups in total. The second-order valence-corrected chi connectivity index (χ2v) is 7.55. The van der Waals surface area contributed by atoms with Gasteiger partial charge in [0.1, 0.15) is 11.9 Å². The van der Waals surface area contributed by atoms with E-state index in [9.17, 15) is 10.0 Å². The van der Waals surface area contributed by atoms with Crippen molar-refractivity contribution in [3.05, 3.63) is 115 Å². The van der Waals surface area contributed by atoms with Gasteiger partial charge in [0.2, 0.25) is 0 Å². The number of benzene rings is 2. The maximum Gasteiger partial charge on any atom is 0.488 e. The molecule has 1 heterocycles. The number of fused-ring (bicyclic) bond motifs is 1. The smallest absolute Gasteiger partial charge is 0.488 e. The van der Waals surface area contributed by atoms with E-state index >= 15 is 0 Å². The molecule has 4 rings (SSSR count). The lowest BCUT2D eigenvalue weighted by Gasteiger charge is -2.50. The van der Waals surface area contributed by atoms with Crippen LogP contribution in [-0.2, 0) is 10.2 Å². The lowest BCUT2D eigenvalue weighted by atomic mass is 9.56. The zero-order chi connectivity index (χ0) is 20.4. The fourth-order valence-corrected chi connectivity index (χ4v) is 4.89. The first kappa shape index (κ1) is 19.5. The van der Waals surface area contributed by atoms with Crippen molar-refractivity contribution < 1.29 is 14.8 Å². The van der Waals surface area contributed by atoms with E-state index in [0.29, 0.717) is 5.46 Å². The zero-order valence-electron chi connectivity index (χ0n) is 16.4. The van der Waals surface area contributed by atoms with Gasteiger partial charge in [-0.25, -0.2) is 0 Å². The highest BCUT2D eigenvalue weighted by Crippen LogP contribution is 2.54. The van der Waals surface area contributed by atoms with E-state index in [2.05, 4.69) is 37.4 Å². The lowest BCUT2D eigenvalue weighted by Crippen LogP contribution is -2.49. The molecular weight excluding hydrogens is 359 g/mol. The van der Waals surface area contributed by atoms with Crippen molar-refractivity contribution in [3.63, 3.8) is 0 Å². The molecule has 4 heteroatoms. The molecule has 0 aromatic heterocycles. The van der Waals surface area contributed by atoms with Gasteiger partial charge in [0, 0.05) is 11.5 Å². The summed E-state index contributed by atoms with van der Waals surface area (Å²) in [6, 6.07) is 17.9. The first-order chi connectivity index (χ1) is 14.1. The summed E-state index contributed by atoms with van der Waals surface area (Å²) in [4.78, 5) is 0. The SMILES string of the molecule is C=CC1=C(C=C)C(c2ccccc2)(c2cccc(B(O)O)c2)C2C=CCCC2O1. The third kappa shape index (κ3) is 3.09. The molecule has 0 saturated carbocycles. The first-order valence-electron chi connectivity index (χ1n) is 9.98. The Balaban J connectivity index is 2.11. The fraction of sp³-hybridized carbons (Fsp3) is 0.200. The van der Waals surface area contributed by atoms with E-state index in [1.807, 2.05) is 42.5 Å². The zero-order valence-corrected chi connectivity index (χ0v) is 16.4. The highest BCUT2D eigenvalue weighted by molar-refractivity contribution is 6.58. The molecule has 1 aliphatic carbocycles. The molecule has 0 radical (unpaired) electrons. The number of rotatable bonds is 5. The van der Waals surface area contributed by atoms with Gasteiger partial charge < -0.3 is 14.8 Å². The summed E-state index contributed by atoms with van der Waals surface area (Å²) in [5, 5.41) is 19.6. The minimum Gasteiger partial charge on any atom is -0.489 e. The predicted molar refractivity (Wildman–Crippen MR) is 118 cm³/mol. The molecule has 3 unspecified atom stereocenters. The van der Waals surface area contributed by atoms with Gasteiger partial charge in [-0.15, -0.1) is 0 Å². The van der Waals surface area contributed by atoms with E-state index < -0.39 is 12.5 Å². The maximum atomic E-state index is 9.82. The summed E-state index contributed by atoms with van der Waals surface area (Å²) in [5.41, 5.74) is 2.93. The summed E-state index contributed by atoms with van der Waals surface area (Å²) in [5.74, 6) is 0.775. The van der Waals surface area contributed by atoms with Crippen molar-refractivity contribution in [2.45, 2.75) is 24.4 Å². The molecule has 0 fully saturated rings. The van der Waals surface area contributed by atoms with Gasteiger partial charge in [-0.3, -0.25) is 0 Å². The Kier molecular flexibility index (Phi) is 5.31. The van der Waals surface area contributed by atoms with Gasteiger partial charge >= 0.3 is 7.12 Å². The van der Waals surface area contributed by atoms with Crippen LogP contribution in [0.2, 0.25) is 0 Å². The van der Waals surface area contributed by atoms with Crippen molar-refractivity contribution in [1.82, 2.24) is 0 Å². The van der Waals surface area contributed by atoms with Gasteiger partial charge in [-0.1, -0.05) is 86.0 Å². The monoisotopic (exact) mass is 384 g/mol. The van der Waals surface area contributed by atoms with E-state index in [-0.39, 0.29) is 12.0 Å². The Morgan fingerprint density at radius 2 is 1.76 bits per heavy atom. The van der Waals surface area contributed by atoms with Gasteiger partial charge in [0.15, 0.2) is 0 Å². The van der Waals surface area contributed by atoms with E-state index in [1.165, 1.54) is 0 Å². The van der Waals surface area contributed by atoms with Crippen molar-refractivity contribution >= 4 is 12.6 Å². The molecule has 2 aromatic carbocycles. The number of hydrogen-bond donors (Lipinski definition) is 2. The molecule has 2 aromatic rings. The molecule has 3 atom stereocenters. The van der Waals surface area contributed by atoms with Crippen LogP contribution in [0.5, 0.6) is 0 Å². The van der Waals surface area contributed by atoms with Crippen LogP contribution >= 0.6 is 0 Å². The van der Waals surface area contributed by atoms with Gasteiger partial charge in [0.05, 0.1) is 5.41 Å². The van der Waals surface area contributed by atoms with Crippen LogP contribution in [-0.4, -0.2) is 23.3 Å². The topological polar surface area (TPSA) is 49.7 Å². The average Bonchev–Trinajstić information content (AvgIpc) is 2.78. The number of ether oxygens (including phenoxy) is 1. The van der Waals surface area contributed by atoms with E-state index in [1.54, 1.807) is 12.1 Å². The van der Waals surface area contributed by atoms with Gasteiger partial charge in [-0.2, -0.15) is 0 Å². The highest BCUT2D eigenvalue weighted by atomic mass is 16.5. The third-order valence-corrected chi connectivity index (χ3v) is 6.09. The van der Waals surface area contributed by atoms with Gasteiger partial charge in [-0.05, 0) is 35.5 Å². The lowest BCUT2D eigenvalue weighted by molar-refractivity contribution is 0.0350. The average molecular weight is 384 g/mol. The minimum absolute atomic E-state index is 0.000359. The van der Waals surface area contributed by atoms with Crippen LogP contribution in [0.15, 0.2) is 103 Å². The van der Waals surface area contributed by atoms with Crippen molar-refractivity contribution in [1.29, 1.82) is 0 Å². The van der Waals surface area contributed by atoms with Crippen LogP contribution in [0.25, 0.3) is 0 Å². The van der Waals surface area contributed by atoms with Gasteiger partial charge in [0.25, 0.3) is 0 Å². The maximum absolute atomic E-state index is 9.82. The first-order valence-corrected chi connectivity index (χ1v) is 9.98. The van der Waals surface area contributed by atoms with Crippen LogP contribution in [0.3, 0.4) is 0 Å². The number of hydrogen-bond acceptors (Lipinski definition) is 3. The highest BCUT2D eigenvalue weighted by Gasteiger charge is 2.52. The van der Waals surface area contributed by atoms with Crippen LogP contribution in [0.1, 0.15) is 24.0 Å². The summed E-state index contributed by atoms with van der Waals surface area (Å²) in [6.07, 6.45) is 9.95. The summed E-state index contributed by atoms with van der Waals surface area (Å²) in [7, 11) is -1.53. The molecule has 29 heavy (non-hydrogen) atoms. The third-order valence-electron chi connectivity index (χ3n) is 6.09. The Labute approximate surface area is 172 Å². The Morgan fingerprint density at radius 1 is 1.00 bits per heavy atom. The second kappa shape index (κ2) is 7.90. The predicted octanol–water partition coefficient (Wildman–Crippen LogP) is 3.64. The Bertz CT molecular complexity index is 977. The molecule has 0 bridgehead atoms. The van der Waals surface area contributed by atoms with E-state index in [0.717, 1.165) is 35.3 Å². The largest absolute Gasteiger partial charge is 0.489 e. The molecular formula is C25H25BO3. The second-order valence-electron chi connectivity index (χ2n) is 7.55. The van der Waals surface area contributed by atoms with Crippen LogP contribution in [0, 0.1) is 5.92 Å². The van der Waals surface area contributed by atoms with Crippen LogP contribution in [0.4, 0.5) is 0 Å². The summed E-state index contributed by atoms with van der Waals surface area (Å²) < 4.78 is 6.36. The van der Waals surface area contributed by atoms with Crippen molar-refractivity contribution in [2.24, 2.45) is 5.92 Å². The molecule has 1 aliphatic heterocycles. The summed E-state index contributed by atoms with van der Waals surface area (Å²) >= 11 is 0. The molecule has 146 valence electrons. The molecule has 2 aliphatic rings. The summed E-state index contributed by atoms with van der Waals surface area (Å²) in [6.45, 7) is 8.11. The molecule has 0 amide bonds.